The first kappa shape index (κ1) is 20.3. The van der Waals surface area contributed by atoms with Gasteiger partial charge < -0.3 is 14.4 Å². The molecule has 0 atom stereocenters. The van der Waals surface area contributed by atoms with Crippen LogP contribution in [0.2, 0.25) is 0 Å². The molecule has 9 heteroatoms. The third-order valence-electron chi connectivity index (χ3n) is 5.95. The monoisotopic (exact) mass is 418 g/mol. The average Bonchev–Trinajstić information content (AvgIpc) is 3.05. The van der Waals surface area contributed by atoms with Gasteiger partial charge in [-0.15, -0.1) is 0 Å². The summed E-state index contributed by atoms with van der Waals surface area (Å²) in [5.74, 6) is 2.29. The van der Waals surface area contributed by atoms with E-state index in [9.17, 15) is 8.42 Å². The third-order valence-corrected chi connectivity index (χ3v) is 7.83. The molecule has 4 heterocycles. The number of rotatable bonds is 4. The zero-order chi connectivity index (χ0) is 20.8. The summed E-state index contributed by atoms with van der Waals surface area (Å²) in [5.41, 5.74) is 2.39. The number of piperazine rings is 1. The van der Waals surface area contributed by atoms with Crippen LogP contribution in [0.5, 0.6) is 0 Å². The molecule has 158 valence electrons. The summed E-state index contributed by atoms with van der Waals surface area (Å²) in [6.45, 7) is 8.42. The van der Waals surface area contributed by atoms with Crippen LogP contribution in [0.3, 0.4) is 0 Å². The lowest BCUT2D eigenvalue weighted by atomic mass is 10.1. The summed E-state index contributed by atoms with van der Waals surface area (Å²) in [5, 5.41) is 0. The molecular weight excluding hydrogens is 388 g/mol. The molecule has 8 nitrogen and oxygen atoms in total. The highest BCUT2D eigenvalue weighted by Crippen LogP contribution is 2.26. The van der Waals surface area contributed by atoms with Gasteiger partial charge in [0.2, 0.25) is 10.0 Å². The van der Waals surface area contributed by atoms with Crippen molar-refractivity contribution in [1.82, 2.24) is 23.7 Å². The second kappa shape index (κ2) is 7.70. The number of nitrogens with zero attached hydrogens (tertiary/aromatic N) is 6. The van der Waals surface area contributed by atoms with E-state index < -0.39 is 10.0 Å². The minimum absolute atomic E-state index is 0.267. The van der Waals surface area contributed by atoms with Crippen LogP contribution in [0.25, 0.3) is 0 Å². The topological polar surface area (TPSA) is 74.6 Å². The Hall–Kier alpha value is -1.97. The normalized spacial score (nSPS) is 19.0. The van der Waals surface area contributed by atoms with Gasteiger partial charge in [-0.3, -0.25) is 0 Å². The van der Waals surface area contributed by atoms with Crippen LogP contribution in [-0.2, 0) is 30.0 Å². The number of pyridine rings is 1. The van der Waals surface area contributed by atoms with Gasteiger partial charge in [-0.2, -0.15) is 4.31 Å². The molecule has 0 unspecified atom stereocenters. The Balaban J connectivity index is 1.51. The number of likely N-dealkylation sites (N-methyl/N-ethyl adjacent to an activating group) is 1. The molecular formula is C20H30N6O2S. The quantitative estimate of drug-likeness (QED) is 0.748. The number of anilines is 1. The van der Waals surface area contributed by atoms with Crippen molar-refractivity contribution >= 4 is 15.8 Å². The molecule has 1 fully saturated rings. The van der Waals surface area contributed by atoms with Crippen LogP contribution >= 0.6 is 0 Å². The molecule has 1 saturated heterocycles. The minimum atomic E-state index is -3.48. The number of aromatic nitrogens is 3. The van der Waals surface area contributed by atoms with Crippen LogP contribution in [0.4, 0.5) is 5.82 Å². The minimum Gasteiger partial charge on any atom is -0.350 e. The van der Waals surface area contributed by atoms with E-state index in [0.717, 1.165) is 43.4 Å². The third kappa shape index (κ3) is 3.78. The maximum absolute atomic E-state index is 12.9. The Morgan fingerprint density at radius 1 is 1.03 bits per heavy atom. The second-order valence-electron chi connectivity index (χ2n) is 8.31. The van der Waals surface area contributed by atoms with Crippen LogP contribution in [-0.4, -0.2) is 71.9 Å². The van der Waals surface area contributed by atoms with Crippen molar-refractivity contribution < 1.29 is 8.42 Å². The molecule has 0 spiro atoms. The highest BCUT2D eigenvalue weighted by atomic mass is 32.2. The Morgan fingerprint density at radius 3 is 2.38 bits per heavy atom. The van der Waals surface area contributed by atoms with Gasteiger partial charge in [-0.05, 0) is 19.2 Å². The molecule has 0 aromatic carbocycles. The largest absolute Gasteiger partial charge is 0.350 e. The summed E-state index contributed by atoms with van der Waals surface area (Å²) >= 11 is 0. The van der Waals surface area contributed by atoms with Crippen molar-refractivity contribution in [2.24, 2.45) is 7.05 Å². The van der Waals surface area contributed by atoms with Crippen molar-refractivity contribution in [2.45, 2.75) is 37.6 Å². The van der Waals surface area contributed by atoms with Gasteiger partial charge in [0, 0.05) is 64.0 Å². The zero-order valence-corrected chi connectivity index (χ0v) is 18.5. The number of fused-ring (bicyclic) bond motifs is 1. The standard InChI is InChI=1S/C20H30N6O2S/c1-15(2)20-22-17-14-25(8-7-18(17)24(20)4)19-6-5-16(13-21-19)29(27,28)26-11-9-23(3)10-12-26/h5-6,13,15H,7-12,14H2,1-4H3. The molecule has 2 aromatic rings. The summed E-state index contributed by atoms with van der Waals surface area (Å²) in [4.78, 5) is 13.9. The van der Waals surface area contributed by atoms with Crippen LogP contribution in [0, 0.1) is 0 Å². The van der Waals surface area contributed by atoms with Crippen LogP contribution in [0.15, 0.2) is 23.2 Å². The number of hydrogen-bond donors (Lipinski definition) is 0. The lowest BCUT2D eigenvalue weighted by Gasteiger charge is -2.31. The van der Waals surface area contributed by atoms with E-state index in [2.05, 4.69) is 40.2 Å². The summed E-state index contributed by atoms with van der Waals surface area (Å²) in [7, 11) is 0.617. The predicted molar refractivity (Wildman–Crippen MR) is 113 cm³/mol. The molecule has 0 saturated carbocycles. The average molecular weight is 419 g/mol. The van der Waals surface area contributed by atoms with Crippen molar-refractivity contribution in [3.05, 3.63) is 35.5 Å². The smallest absolute Gasteiger partial charge is 0.244 e. The summed E-state index contributed by atoms with van der Waals surface area (Å²) in [6.07, 6.45) is 2.41. The van der Waals surface area contributed by atoms with E-state index in [1.54, 1.807) is 10.4 Å². The van der Waals surface area contributed by atoms with E-state index in [-0.39, 0.29) is 4.90 Å². The fraction of sp³-hybridized carbons (Fsp3) is 0.600. The molecule has 2 aliphatic heterocycles. The lowest BCUT2D eigenvalue weighted by Crippen LogP contribution is -2.47. The van der Waals surface area contributed by atoms with Crippen LogP contribution in [0.1, 0.15) is 37.0 Å². The Morgan fingerprint density at radius 2 is 1.76 bits per heavy atom. The molecule has 0 N–H and O–H groups in total. The molecule has 0 aliphatic carbocycles. The molecule has 29 heavy (non-hydrogen) atoms. The number of sulfonamides is 1. The van der Waals surface area contributed by atoms with E-state index in [4.69, 9.17) is 4.98 Å². The lowest BCUT2D eigenvalue weighted by molar-refractivity contribution is 0.222. The summed E-state index contributed by atoms with van der Waals surface area (Å²) in [6, 6.07) is 3.50. The molecule has 0 amide bonds. The van der Waals surface area contributed by atoms with Crippen molar-refractivity contribution in [2.75, 3.05) is 44.7 Å². The highest BCUT2D eigenvalue weighted by Gasteiger charge is 2.29. The van der Waals surface area contributed by atoms with Crippen molar-refractivity contribution in [3.8, 4) is 0 Å². The van der Waals surface area contributed by atoms with Crippen molar-refractivity contribution in [3.63, 3.8) is 0 Å². The Bertz CT molecular complexity index is 975. The van der Waals surface area contributed by atoms with Gasteiger partial charge >= 0.3 is 0 Å². The fourth-order valence-electron chi connectivity index (χ4n) is 4.15. The van der Waals surface area contributed by atoms with Gasteiger partial charge in [0.25, 0.3) is 0 Å². The van der Waals surface area contributed by atoms with Gasteiger partial charge in [-0.25, -0.2) is 18.4 Å². The predicted octanol–water partition coefficient (Wildman–Crippen LogP) is 1.44. The first-order valence-electron chi connectivity index (χ1n) is 10.2. The Kier molecular flexibility index (Phi) is 5.39. The molecule has 0 radical (unpaired) electrons. The maximum atomic E-state index is 12.9. The van der Waals surface area contributed by atoms with Gasteiger partial charge in [0.05, 0.1) is 12.2 Å². The highest BCUT2D eigenvalue weighted by molar-refractivity contribution is 7.89. The van der Waals surface area contributed by atoms with E-state index in [1.165, 1.54) is 11.9 Å². The van der Waals surface area contributed by atoms with Gasteiger partial charge in [0.15, 0.2) is 0 Å². The van der Waals surface area contributed by atoms with E-state index in [1.807, 2.05) is 13.1 Å². The van der Waals surface area contributed by atoms with Gasteiger partial charge in [-0.1, -0.05) is 13.8 Å². The molecule has 0 bridgehead atoms. The van der Waals surface area contributed by atoms with E-state index in [0.29, 0.717) is 25.6 Å². The van der Waals surface area contributed by atoms with Crippen LogP contribution < -0.4 is 4.90 Å². The zero-order valence-electron chi connectivity index (χ0n) is 17.7. The number of imidazole rings is 1. The SMILES string of the molecule is CC(C)c1nc2c(n1C)CCN(c1ccc(S(=O)(=O)N3CCN(C)CC3)cn1)C2. The first-order valence-corrected chi connectivity index (χ1v) is 11.7. The maximum Gasteiger partial charge on any atom is 0.244 e. The summed E-state index contributed by atoms with van der Waals surface area (Å²) < 4.78 is 29.6. The first-order chi connectivity index (χ1) is 13.8. The van der Waals surface area contributed by atoms with E-state index >= 15 is 0 Å². The molecule has 2 aromatic heterocycles. The molecule has 4 rings (SSSR count). The Labute approximate surface area is 173 Å². The fourth-order valence-corrected chi connectivity index (χ4v) is 5.52. The second-order valence-corrected chi connectivity index (χ2v) is 10.2. The molecule has 2 aliphatic rings. The van der Waals surface area contributed by atoms with Crippen molar-refractivity contribution in [1.29, 1.82) is 0 Å². The van der Waals surface area contributed by atoms with Gasteiger partial charge in [0.1, 0.15) is 16.5 Å². The number of hydrogen-bond acceptors (Lipinski definition) is 6.